The Bertz CT molecular complexity index is 696. The van der Waals surface area contributed by atoms with Crippen LogP contribution in [0.25, 0.3) is 11.1 Å². The van der Waals surface area contributed by atoms with E-state index in [0.29, 0.717) is 5.56 Å². The zero-order valence-electron chi connectivity index (χ0n) is 9.59. The van der Waals surface area contributed by atoms with Crippen LogP contribution in [0.3, 0.4) is 0 Å². The van der Waals surface area contributed by atoms with Crippen LogP contribution >= 0.6 is 0 Å². The molecule has 0 radical (unpaired) electrons. The number of aromatic amines is 1. The number of nitrogens with zero attached hydrogens (tertiary/aromatic N) is 1. The van der Waals surface area contributed by atoms with Crippen molar-refractivity contribution >= 4 is 0 Å². The molecule has 2 N–H and O–H groups in total. The van der Waals surface area contributed by atoms with Gasteiger partial charge in [-0.15, -0.1) is 0 Å². The summed E-state index contributed by atoms with van der Waals surface area (Å²) < 4.78 is 1.27. The zero-order valence-corrected chi connectivity index (χ0v) is 9.59. The number of aromatic nitrogens is 2. The second kappa shape index (κ2) is 3.87. The maximum absolute atomic E-state index is 11.8. The zero-order chi connectivity index (χ0) is 12.7. The Labute approximate surface area is 102 Å². The van der Waals surface area contributed by atoms with Crippen molar-refractivity contribution < 1.29 is 5.11 Å². The maximum atomic E-state index is 11.8. The Morgan fingerprint density at radius 2 is 1.83 bits per heavy atom. The predicted molar refractivity (Wildman–Crippen MR) is 66.7 cm³/mol. The molecule has 0 unspecified atom stereocenters. The average molecular weight is 244 g/mol. The smallest absolute Gasteiger partial charge is 0.331 e. The summed E-state index contributed by atoms with van der Waals surface area (Å²) in [6, 6.07) is 8.85. The van der Waals surface area contributed by atoms with Crippen molar-refractivity contribution in [3.8, 4) is 17.0 Å². The summed E-state index contributed by atoms with van der Waals surface area (Å²) in [6.07, 6.45) is 1.71. The molecule has 0 aliphatic heterocycles. The molecule has 5 nitrogen and oxygen atoms in total. The van der Waals surface area contributed by atoms with E-state index >= 15 is 0 Å². The molecule has 92 valence electrons. The van der Waals surface area contributed by atoms with Crippen LogP contribution in [0.1, 0.15) is 18.9 Å². The largest absolute Gasteiger partial charge is 0.494 e. The van der Waals surface area contributed by atoms with Gasteiger partial charge in [0.25, 0.3) is 5.56 Å². The third kappa shape index (κ3) is 1.64. The van der Waals surface area contributed by atoms with Gasteiger partial charge in [0, 0.05) is 6.04 Å². The summed E-state index contributed by atoms with van der Waals surface area (Å²) in [5, 5.41) is 10.2. The van der Waals surface area contributed by atoms with Crippen molar-refractivity contribution in [1.29, 1.82) is 0 Å². The van der Waals surface area contributed by atoms with Crippen molar-refractivity contribution in [2.45, 2.75) is 18.9 Å². The standard InChI is InChI=1S/C13H12N2O3/c16-11-10(8-4-2-1-3-5-8)12(17)15(9-6-7-9)13(18)14-11/h1-5,9,17H,6-7H2,(H,14,16,18). The average Bonchev–Trinajstić information content (AvgIpc) is 3.14. The highest BCUT2D eigenvalue weighted by atomic mass is 16.3. The summed E-state index contributed by atoms with van der Waals surface area (Å²) in [5.41, 5.74) is -0.340. The third-order valence-corrected chi connectivity index (χ3v) is 3.09. The summed E-state index contributed by atoms with van der Waals surface area (Å²) >= 11 is 0. The van der Waals surface area contributed by atoms with Crippen molar-refractivity contribution in [2.24, 2.45) is 0 Å². The molecule has 0 amide bonds. The van der Waals surface area contributed by atoms with Gasteiger partial charge < -0.3 is 5.11 Å². The Hall–Kier alpha value is -2.30. The van der Waals surface area contributed by atoms with Crippen LogP contribution in [0.2, 0.25) is 0 Å². The molecule has 1 fully saturated rings. The van der Waals surface area contributed by atoms with Gasteiger partial charge >= 0.3 is 5.69 Å². The fourth-order valence-corrected chi connectivity index (χ4v) is 2.07. The van der Waals surface area contributed by atoms with Gasteiger partial charge in [0.1, 0.15) is 5.56 Å². The lowest BCUT2D eigenvalue weighted by molar-refractivity contribution is 0.405. The molecule has 1 heterocycles. The highest BCUT2D eigenvalue weighted by Gasteiger charge is 2.29. The molecule has 3 rings (SSSR count). The third-order valence-electron chi connectivity index (χ3n) is 3.09. The molecule has 18 heavy (non-hydrogen) atoms. The van der Waals surface area contributed by atoms with E-state index < -0.39 is 11.2 Å². The van der Waals surface area contributed by atoms with E-state index in [1.54, 1.807) is 24.3 Å². The van der Waals surface area contributed by atoms with E-state index in [1.165, 1.54) is 4.57 Å². The van der Waals surface area contributed by atoms with Crippen molar-refractivity contribution in [3.63, 3.8) is 0 Å². The first-order valence-electron chi connectivity index (χ1n) is 5.81. The molecule has 1 aliphatic carbocycles. The Morgan fingerprint density at radius 1 is 1.17 bits per heavy atom. The summed E-state index contributed by atoms with van der Waals surface area (Å²) in [7, 11) is 0. The summed E-state index contributed by atoms with van der Waals surface area (Å²) in [4.78, 5) is 25.8. The quantitative estimate of drug-likeness (QED) is 0.834. The number of benzene rings is 1. The highest BCUT2D eigenvalue weighted by Crippen LogP contribution is 2.38. The van der Waals surface area contributed by atoms with Crippen LogP contribution in [0.4, 0.5) is 0 Å². The van der Waals surface area contributed by atoms with Crippen LogP contribution in [-0.4, -0.2) is 14.7 Å². The first kappa shape index (κ1) is 10.8. The minimum absolute atomic E-state index is 0.0109. The number of H-pyrrole nitrogens is 1. The van der Waals surface area contributed by atoms with Gasteiger partial charge in [-0.3, -0.25) is 14.3 Å². The fourth-order valence-electron chi connectivity index (χ4n) is 2.07. The lowest BCUT2D eigenvalue weighted by atomic mass is 10.1. The molecule has 5 heteroatoms. The SMILES string of the molecule is O=c1[nH]c(=O)n(C2CC2)c(O)c1-c1ccccc1. The van der Waals surface area contributed by atoms with E-state index in [4.69, 9.17) is 0 Å². The van der Waals surface area contributed by atoms with E-state index in [0.717, 1.165) is 12.8 Å². The first-order chi connectivity index (χ1) is 8.68. The second-order valence-corrected chi connectivity index (χ2v) is 4.43. The molecule has 0 atom stereocenters. The number of nitrogens with one attached hydrogen (secondary N) is 1. The number of hydrogen-bond acceptors (Lipinski definition) is 3. The fraction of sp³-hybridized carbons (Fsp3) is 0.231. The number of rotatable bonds is 2. The van der Waals surface area contributed by atoms with E-state index in [-0.39, 0.29) is 17.5 Å². The minimum Gasteiger partial charge on any atom is -0.494 e. The second-order valence-electron chi connectivity index (χ2n) is 4.43. The molecule has 0 saturated heterocycles. The normalized spacial score (nSPS) is 14.7. The monoisotopic (exact) mass is 244 g/mol. The summed E-state index contributed by atoms with van der Waals surface area (Å²) in [6.45, 7) is 0. The lowest BCUT2D eigenvalue weighted by Gasteiger charge is -2.10. The topological polar surface area (TPSA) is 75.1 Å². The number of aromatic hydroxyl groups is 1. The van der Waals surface area contributed by atoms with Gasteiger partial charge in [0.05, 0.1) is 0 Å². The lowest BCUT2D eigenvalue weighted by Crippen LogP contribution is -2.30. The molecule has 1 aliphatic rings. The van der Waals surface area contributed by atoms with E-state index in [9.17, 15) is 14.7 Å². The van der Waals surface area contributed by atoms with Gasteiger partial charge in [-0.25, -0.2) is 4.79 Å². The molecule has 0 spiro atoms. The molecule has 1 saturated carbocycles. The van der Waals surface area contributed by atoms with Gasteiger partial charge in [0.2, 0.25) is 5.88 Å². The van der Waals surface area contributed by atoms with Crippen molar-refractivity contribution in [3.05, 3.63) is 51.2 Å². The predicted octanol–water partition coefficient (Wildman–Crippen LogP) is 1.24. The molecular weight excluding hydrogens is 232 g/mol. The highest BCUT2D eigenvalue weighted by molar-refractivity contribution is 5.67. The van der Waals surface area contributed by atoms with Crippen LogP contribution < -0.4 is 11.2 Å². The van der Waals surface area contributed by atoms with Crippen LogP contribution in [0, 0.1) is 0 Å². The minimum atomic E-state index is -0.555. The molecular formula is C13H12N2O3. The molecule has 1 aromatic carbocycles. The van der Waals surface area contributed by atoms with Gasteiger partial charge in [0.15, 0.2) is 0 Å². The van der Waals surface area contributed by atoms with Crippen LogP contribution in [-0.2, 0) is 0 Å². The molecule has 1 aromatic heterocycles. The van der Waals surface area contributed by atoms with Gasteiger partial charge in [-0.1, -0.05) is 30.3 Å². The Morgan fingerprint density at radius 3 is 2.44 bits per heavy atom. The van der Waals surface area contributed by atoms with Crippen LogP contribution in [0.15, 0.2) is 39.9 Å². The first-order valence-corrected chi connectivity index (χ1v) is 5.81. The number of hydrogen-bond donors (Lipinski definition) is 2. The van der Waals surface area contributed by atoms with Crippen molar-refractivity contribution in [2.75, 3.05) is 0 Å². The molecule has 0 bridgehead atoms. The Balaban J connectivity index is 2.30. The molecule has 2 aromatic rings. The Kier molecular flexibility index (Phi) is 2.33. The van der Waals surface area contributed by atoms with E-state index in [2.05, 4.69) is 4.98 Å². The van der Waals surface area contributed by atoms with Crippen molar-refractivity contribution in [1.82, 2.24) is 9.55 Å². The van der Waals surface area contributed by atoms with Gasteiger partial charge in [-0.2, -0.15) is 0 Å². The maximum Gasteiger partial charge on any atom is 0.331 e. The summed E-state index contributed by atoms with van der Waals surface area (Å²) in [5.74, 6) is -0.238. The van der Waals surface area contributed by atoms with Crippen LogP contribution in [0.5, 0.6) is 5.88 Å². The van der Waals surface area contributed by atoms with E-state index in [1.807, 2.05) is 6.07 Å². The van der Waals surface area contributed by atoms with Gasteiger partial charge in [-0.05, 0) is 18.4 Å².